The third-order valence-corrected chi connectivity index (χ3v) is 4.85. The highest BCUT2D eigenvalue weighted by Crippen LogP contribution is 2.29. The maximum Gasteiger partial charge on any atom is 0.573 e. The lowest BCUT2D eigenvalue weighted by Crippen LogP contribution is -2.28. The number of hydrogen-bond acceptors (Lipinski definition) is 5. The summed E-state index contributed by atoms with van der Waals surface area (Å²) >= 11 is 0. The summed E-state index contributed by atoms with van der Waals surface area (Å²) in [6.45, 7) is 0. The lowest BCUT2D eigenvalue weighted by molar-refractivity contribution is -0.274. The van der Waals surface area contributed by atoms with Gasteiger partial charge < -0.3 is 15.2 Å². The van der Waals surface area contributed by atoms with Crippen molar-refractivity contribution in [2.45, 2.75) is 44.2 Å². The third kappa shape index (κ3) is 4.04. The number of benzene rings is 1. The first kappa shape index (κ1) is 18.5. The van der Waals surface area contributed by atoms with Crippen LogP contribution < -0.4 is 10.1 Å². The number of aliphatic hydroxyl groups excluding tert-OH is 1. The minimum Gasteiger partial charge on any atom is -0.406 e. The lowest BCUT2D eigenvalue weighted by atomic mass is 9.93. The number of imidazole rings is 1. The van der Waals surface area contributed by atoms with E-state index in [1.54, 1.807) is 30.7 Å². The Hall–Kier alpha value is -2.81. The normalized spacial score (nSPS) is 20.3. The Kier molecular flexibility index (Phi) is 4.84. The van der Waals surface area contributed by atoms with Crippen LogP contribution in [0.3, 0.4) is 0 Å². The van der Waals surface area contributed by atoms with Gasteiger partial charge in [0.15, 0.2) is 11.5 Å². The number of alkyl halides is 3. The molecule has 0 saturated heterocycles. The minimum absolute atomic E-state index is 0.223. The zero-order valence-electron chi connectivity index (χ0n) is 14.9. The minimum atomic E-state index is -4.72. The fourth-order valence-corrected chi connectivity index (χ4v) is 3.48. The monoisotopic (exact) mass is 392 g/mol. The second kappa shape index (κ2) is 7.31. The standard InChI is InChI=1S/C19H19F3N4O2/c20-19(21,22)28-15-7-1-12(2-8-15)16-11-24-18-17(23-9-10-26(16)18)25-13-3-5-14(27)6-4-13/h1-2,7-11,13-14,27H,3-6H2,(H,23,25). The Balaban J connectivity index is 1.58. The molecule has 28 heavy (non-hydrogen) atoms. The summed E-state index contributed by atoms with van der Waals surface area (Å²) in [5.41, 5.74) is 2.08. The molecule has 1 aliphatic carbocycles. The van der Waals surface area contributed by atoms with Gasteiger partial charge in [-0.2, -0.15) is 0 Å². The van der Waals surface area contributed by atoms with Gasteiger partial charge in [0.25, 0.3) is 0 Å². The molecule has 0 unspecified atom stereocenters. The molecular weight excluding hydrogens is 373 g/mol. The third-order valence-electron chi connectivity index (χ3n) is 4.85. The van der Waals surface area contributed by atoms with Gasteiger partial charge in [-0.3, -0.25) is 4.40 Å². The van der Waals surface area contributed by atoms with Crippen LogP contribution >= 0.6 is 0 Å². The van der Waals surface area contributed by atoms with E-state index < -0.39 is 6.36 Å². The van der Waals surface area contributed by atoms with Crippen molar-refractivity contribution in [2.24, 2.45) is 0 Å². The zero-order valence-corrected chi connectivity index (χ0v) is 14.9. The summed E-state index contributed by atoms with van der Waals surface area (Å²) < 4.78 is 42.7. The van der Waals surface area contributed by atoms with Crippen LogP contribution in [-0.2, 0) is 0 Å². The molecule has 3 aromatic rings. The average Bonchev–Trinajstić information content (AvgIpc) is 3.08. The van der Waals surface area contributed by atoms with Gasteiger partial charge in [0, 0.05) is 24.0 Å². The summed E-state index contributed by atoms with van der Waals surface area (Å²) in [6, 6.07) is 5.88. The highest BCUT2D eigenvalue weighted by Gasteiger charge is 2.31. The van der Waals surface area contributed by atoms with Gasteiger partial charge in [0.2, 0.25) is 0 Å². The molecule has 0 amide bonds. The number of aliphatic hydroxyl groups is 1. The lowest BCUT2D eigenvalue weighted by Gasteiger charge is -2.26. The second-order valence-electron chi connectivity index (χ2n) is 6.83. The number of nitrogens with zero attached hydrogens (tertiary/aromatic N) is 3. The van der Waals surface area contributed by atoms with E-state index >= 15 is 0 Å². The van der Waals surface area contributed by atoms with Crippen molar-refractivity contribution >= 4 is 11.5 Å². The first-order valence-corrected chi connectivity index (χ1v) is 9.02. The van der Waals surface area contributed by atoms with Crippen molar-refractivity contribution in [1.29, 1.82) is 0 Å². The topological polar surface area (TPSA) is 71.7 Å². The maximum absolute atomic E-state index is 12.3. The number of nitrogens with one attached hydrogen (secondary N) is 1. The fraction of sp³-hybridized carbons (Fsp3) is 0.368. The molecule has 6 nitrogen and oxygen atoms in total. The first-order chi connectivity index (χ1) is 13.4. The highest BCUT2D eigenvalue weighted by molar-refractivity contribution is 5.71. The molecule has 1 fully saturated rings. The number of aromatic nitrogens is 3. The van der Waals surface area contributed by atoms with Crippen molar-refractivity contribution in [3.05, 3.63) is 42.9 Å². The Labute approximate surface area is 159 Å². The van der Waals surface area contributed by atoms with E-state index in [4.69, 9.17) is 0 Å². The van der Waals surface area contributed by atoms with E-state index in [1.807, 2.05) is 4.40 Å². The molecule has 148 valence electrons. The molecule has 0 radical (unpaired) electrons. The van der Waals surface area contributed by atoms with E-state index in [1.165, 1.54) is 12.1 Å². The number of ether oxygens (including phenoxy) is 1. The van der Waals surface area contributed by atoms with E-state index in [0.29, 0.717) is 17.0 Å². The molecular formula is C19H19F3N4O2. The number of hydrogen-bond donors (Lipinski definition) is 2. The summed E-state index contributed by atoms with van der Waals surface area (Å²) in [5, 5.41) is 13.0. The van der Waals surface area contributed by atoms with Crippen LogP contribution in [0.1, 0.15) is 25.7 Å². The predicted octanol–water partition coefficient (Wildman–Crippen LogP) is 4.01. The average molecular weight is 392 g/mol. The van der Waals surface area contributed by atoms with Crippen molar-refractivity contribution in [2.75, 3.05) is 5.32 Å². The quantitative estimate of drug-likeness (QED) is 0.702. The summed E-state index contributed by atoms with van der Waals surface area (Å²) in [6.07, 6.45) is 3.35. The van der Waals surface area contributed by atoms with Gasteiger partial charge in [0.05, 0.1) is 18.0 Å². The number of halogens is 3. The van der Waals surface area contributed by atoms with Gasteiger partial charge >= 0.3 is 6.36 Å². The van der Waals surface area contributed by atoms with Crippen molar-refractivity contribution in [3.8, 4) is 17.0 Å². The Morgan fingerprint density at radius 3 is 2.46 bits per heavy atom. The molecule has 0 spiro atoms. The Morgan fingerprint density at radius 1 is 1.07 bits per heavy atom. The summed E-state index contributed by atoms with van der Waals surface area (Å²) in [4.78, 5) is 8.81. The Morgan fingerprint density at radius 2 is 1.79 bits per heavy atom. The van der Waals surface area contributed by atoms with Crippen molar-refractivity contribution < 1.29 is 23.0 Å². The van der Waals surface area contributed by atoms with Crippen LogP contribution in [0.15, 0.2) is 42.9 Å². The van der Waals surface area contributed by atoms with Gasteiger partial charge in [-0.25, -0.2) is 9.97 Å². The number of anilines is 1. The van der Waals surface area contributed by atoms with Crippen LogP contribution in [0.5, 0.6) is 5.75 Å². The highest BCUT2D eigenvalue weighted by atomic mass is 19.4. The van der Waals surface area contributed by atoms with Crippen molar-refractivity contribution in [1.82, 2.24) is 14.4 Å². The van der Waals surface area contributed by atoms with E-state index in [2.05, 4.69) is 20.0 Å². The molecule has 2 N–H and O–H groups in total. The molecule has 2 aromatic heterocycles. The van der Waals surface area contributed by atoms with Crippen LogP contribution in [-0.4, -0.2) is 38.0 Å². The van der Waals surface area contributed by atoms with Gasteiger partial charge in [-0.15, -0.1) is 13.2 Å². The van der Waals surface area contributed by atoms with Crippen LogP contribution in [0.2, 0.25) is 0 Å². The largest absolute Gasteiger partial charge is 0.573 e. The van der Waals surface area contributed by atoms with Gasteiger partial charge in [0.1, 0.15) is 5.75 Å². The van der Waals surface area contributed by atoms with Crippen LogP contribution in [0.25, 0.3) is 16.9 Å². The number of rotatable bonds is 4. The molecule has 0 aliphatic heterocycles. The molecule has 1 aromatic carbocycles. The molecule has 4 rings (SSSR count). The smallest absolute Gasteiger partial charge is 0.406 e. The first-order valence-electron chi connectivity index (χ1n) is 9.02. The molecule has 2 heterocycles. The predicted molar refractivity (Wildman–Crippen MR) is 97.0 cm³/mol. The Bertz CT molecular complexity index is 948. The molecule has 9 heteroatoms. The van der Waals surface area contributed by atoms with E-state index in [0.717, 1.165) is 31.4 Å². The van der Waals surface area contributed by atoms with Crippen LogP contribution in [0, 0.1) is 0 Å². The summed E-state index contributed by atoms with van der Waals surface area (Å²) in [5.74, 6) is 0.376. The fourth-order valence-electron chi connectivity index (χ4n) is 3.48. The molecule has 0 atom stereocenters. The number of fused-ring (bicyclic) bond motifs is 1. The van der Waals surface area contributed by atoms with E-state index in [9.17, 15) is 18.3 Å². The van der Waals surface area contributed by atoms with Gasteiger partial charge in [-0.1, -0.05) is 0 Å². The zero-order chi connectivity index (χ0) is 19.7. The van der Waals surface area contributed by atoms with Crippen molar-refractivity contribution in [3.63, 3.8) is 0 Å². The SMILES string of the molecule is OC1CCC(Nc2nccn3c(-c4ccc(OC(F)(F)F)cc4)cnc23)CC1. The molecule has 0 bridgehead atoms. The van der Waals surface area contributed by atoms with E-state index in [-0.39, 0.29) is 17.9 Å². The maximum atomic E-state index is 12.3. The molecule has 1 saturated carbocycles. The molecule has 1 aliphatic rings. The van der Waals surface area contributed by atoms with Gasteiger partial charge in [-0.05, 0) is 49.9 Å². The second-order valence-corrected chi connectivity index (χ2v) is 6.83. The van der Waals surface area contributed by atoms with Crippen LogP contribution in [0.4, 0.5) is 19.0 Å². The summed E-state index contributed by atoms with van der Waals surface area (Å²) in [7, 11) is 0.